The highest BCUT2D eigenvalue weighted by molar-refractivity contribution is 7.99. The third-order valence-corrected chi connectivity index (χ3v) is 4.74. The van der Waals surface area contributed by atoms with Crippen LogP contribution in [0.1, 0.15) is 6.42 Å². The van der Waals surface area contributed by atoms with Gasteiger partial charge in [0, 0.05) is 5.75 Å². The van der Waals surface area contributed by atoms with Gasteiger partial charge in [0.2, 0.25) is 0 Å². The van der Waals surface area contributed by atoms with Gasteiger partial charge in [-0.1, -0.05) is 17.8 Å². The number of methoxy groups -OCH3 is 1. The molecular weight excluding hydrogens is 332 g/mol. The van der Waals surface area contributed by atoms with Gasteiger partial charge in [0.05, 0.1) is 18.6 Å². The van der Waals surface area contributed by atoms with E-state index in [4.69, 9.17) is 13.9 Å². The zero-order valence-electron chi connectivity index (χ0n) is 12.6. The molecule has 1 aromatic carbocycles. The molecule has 2 heterocycles. The molecule has 5 nitrogen and oxygen atoms in total. The first kappa shape index (κ1) is 15.9. The lowest BCUT2D eigenvalue weighted by atomic mass is 10.3. The first-order valence-corrected chi connectivity index (χ1v) is 8.99. The lowest BCUT2D eigenvalue weighted by Gasteiger charge is -2.06. The fourth-order valence-electron chi connectivity index (χ4n) is 1.85. The summed E-state index contributed by atoms with van der Waals surface area (Å²) in [7, 11) is 1.65. The van der Waals surface area contributed by atoms with E-state index in [1.165, 1.54) is 0 Å². The Morgan fingerprint density at radius 1 is 1.13 bits per heavy atom. The molecule has 23 heavy (non-hydrogen) atoms. The van der Waals surface area contributed by atoms with Crippen molar-refractivity contribution in [3.8, 4) is 22.3 Å². The minimum atomic E-state index is 0.581. The lowest BCUT2D eigenvalue weighted by molar-refractivity contribution is 0.317. The van der Waals surface area contributed by atoms with Gasteiger partial charge < -0.3 is 13.9 Å². The average molecular weight is 348 g/mol. The van der Waals surface area contributed by atoms with E-state index >= 15 is 0 Å². The second-order valence-corrected chi connectivity index (χ2v) is 6.57. The van der Waals surface area contributed by atoms with E-state index in [0.29, 0.717) is 17.7 Å². The maximum atomic E-state index is 5.67. The summed E-state index contributed by atoms with van der Waals surface area (Å²) in [6, 6.07) is 11.5. The van der Waals surface area contributed by atoms with Crippen molar-refractivity contribution in [2.45, 2.75) is 11.6 Å². The molecular formula is C16H16N2O3S2. The smallest absolute Gasteiger partial charge is 0.276 e. The third-order valence-electron chi connectivity index (χ3n) is 2.98. The molecule has 7 heteroatoms. The van der Waals surface area contributed by atoms with Gasteiger partial charge in [0.25, 0.3) is 11.1 Å². The maximum absolute atomic E-state index is 5.67. The molecule has 0 aliphatic heterocycles. The summed E-state index contributed by atoms with van der Waals surface area (Å²) < 4.78 is 16.4. The number of hydrogen-bond acceptors (Lipinski definition) is 7. The van der Waals surface area contributed by atoms with Gasteiger partial charge in [-0.05, 0) is 42.1 Å². The number of ether oxygens (including phenoxy) is 2. The first-order valence-electron chi connectivity index (χ1n) is 7.12. The van der Waals surface area contributed by atoms with Crippen molar-refractivity contribution in [3.63, 3.8) is 0 Å². The Bertz CT molecular complexity index is 711. The van der Waals surface area contributed by atoms with Crippen LogP contribution in [-0.4, -0.2) is 29.7 Å². The molecule has 3 aromatic rings. The summed E-state index contributed by atoms with van der Waals surface area (Å²) in [4.78, 5) is 0.993. The van der Waals surface area contributed by atoms with Crippen molar-refractivity contribution in [1.29, 1.82) is 0 Å². The number of rotatable bonds is 8. The minimum absolute atomic E-state index is 0.581. The summed E-state index contributed by atoms with van der Waals surface area (Å²) in [5.41, 5.74) is 0. The predicted octanol–water partition coefficient (Wildman–Crippen LogP) is 4.37. The normalized spacial score (nSPS) is 10.7. The van der Waals surface area contributed by atoms with Gasteiger partial charge >= 0.3 is 0 Å². The van der Waals surface area contributed by atoms with Crippen molar-refractivity contribution in [2.75, 3.05) is 19.5 Å². The second-order valence-electron chi connectivity index (χ2n) is 4.58. The van der Waals surface area contributed by atoms with E-state index in [2.05, 4.69) is 10.2 Å². The van der Waals surface area contributed by atoms with Crippen molar-refractivity contribution < 1.29 is 13.9 Å². The van der Waals surface area contributed by atoms with E-state index in [0.717, 1.165) is 28.5 Å². The molecule has 0 radical (unpaired) electrons. The molecule has 0 saturated carbocycles. The summed E-state index contributed by atoms with van der Waals surface area (Å²) in [6.07, 6.45) is 0.896. The average Bonchev–Trinajstić information content (AvgIpc) is 3.26. The van der Waals surface area contributed by atoms with Crippen LogP contribution >= 0.6 is 23.1 Å². The monoisotopic (exact) mass is 348 g/mol. The van der Waals surface area contributed by atoms with Crippen LogP contribution < -0.4 is 9.47 Å². The number of benzene rings is 1. The van der Waals surface area contributed by atoms with Gasteiger partial charge in [-0.3, -0.25) is 0 Å². The number of thioether (sulfide) groups is 1. The number of aromatic nitrogens is 2. The van der Waals surface area contributed by atoms with Crippen LogP contribution in [0.3, 0.4) is 0 Å². The van der Waals surface area contributed by atoms with Crippen molar-refractivity contribution in [1.82, 2.24) is 10.2 Å². The van der Waals surface area contributed by atoms with Crippen LogP contribution in [0, 0.1) is 0 Å². The van der Waals surface area contributed by atoms with E-state index in [-0.39, 0.29) is 0 Å². The van der Waals surface area contributed by atoms with Gasteiger partial charge in [0.15, 0.2) is 0 Å². The molecule has 0 aliphatic rings. The maximum Gasteiger partial charge on any atom is 0.276 e. The summed E-state index contributed by atoms with van der Waals surface area (Å²) in [5.74, 6) is 3.11. The molecule has 0 spiro atoms. The van der Waals surface area contributed by atoms with Crippen LogP contribution in [0.5, 0.6) is 11.5 Å². The molecule has 0 amide bonds. The quantitative estimate of drug-likeness (QED) is 0.445. The molecule has 2 aromatic heterocycles. The SMILES string of the molecule is COc1ccc(OCCCSc2nnc(-c3cccs3)o2)cc1. The Kier molecular flexibility index (Phi) is 5.55. The first-order chi connectivity index (χ1) is 11.3. The van der Waals surface area contributed by atoms with Crippen LogP contribution in [0.2, 0.25) is 0 Å². The van der Waals surface area contributed by atoms with E-state index in [1.54, 1.807) is 30.2 Å². The lowest BCUT2D eigenvalue weighted by Crippen LogP contribution is -1.98. The largest absolute Gasteiger partial charge is 0.497 e. The fraction of sp³-hybridized carbons (Fsp3) is 0.250. The van der Waals surface area contributed by atoms with Crippen LogP contribution in [0.25, 0.3) is 10.8 Å². The topological polar surface area (TPSA) is 57.4 Å². The van der Waals surface area contributed by atoms with E-state index < -0.39 is 0 Å². The Hall–Kier alpha value is -1.99. The molecule has 0 aliphatic carbocycles. The van der Waals surface area contributed by atoms with Crippen molar-refractivity contribution >= 4 is 23.1 Å². The molecule has 0 bridgehead atoms. The molecule has 0 N–H and O–H groups in total. The highest BCUT2D eigenvalue weighted by atomic mass is 32.2. The predicted molar refractivity (Wildman–Crippen MR) is 91.4 cm³/mol. The van der Waals surface area contributed by atoms with Gasteiger partial charge in [0.1, 0.15) is 11.5 Å². The van der Waals surface area contributed by atoms with Crippen LogP contribution in [-0.2, 0) is 0 Å². The molecule has 0 unspecified atom stereocenters. The van der Waals surface area contributed by atoms with Gasteiger partial charge in [-0.25, -0.2) is 0 Å². The van der Waals surface area contributed by atoms with E-state index in [1.807, 2.05) is 41.8 Å². The second kappa shape index (κ2) is 8.03. The molecule has 3 rings (SSSR count). The standard InChI is InChI=1S/C16H16N2O3S2/c1-19-12-5-7-13(8-6-12)20-9-3-11-23-16-18-17-15(21-16)14-4-2-10-22-14/h2,4-8,10H,3,9,11H2,1H3. The summed E-state index contributed by atoms with van der Waals surface area (Å²) >= 11 is 3.13. The van der Waals surface area contributed by atoms with Gasteiger partial charge in [-0.2, -0.15) is 0 Å². The van der Waals surface area contributed by atoms with Crippen LogP contribution in [0.4, 0.5) is 0 Å². The van der Waals surface area contributed by atoms with E-state index in [9.17, 15) is 0 Å². The number of thiophene rings is 1. The Morgan fingerprint density at radius 2 is 1.96 bits per heavy atom. The van der Waals surface area contributed by atoms with Crippen LogP contribution in [0.15, 0.2) is 51.4 Å². The highest BCUT2D eigenvalue weighted by Crippen LogP contribution is 2.26. The minimum Gasteiger partial charge on any atom is -0.497 e. The molecule has 120 valence electrons. The zero-order valence-corrected chi connectivity index (χ0v) is 14.2. The van der Waals surface area contributed by atoms with Crippen molar-refractivity contribution in [2.24, 2.45) is 0 Å². The molecule has 0 fully saturated rings. The Balaban J connectivity index is 1.38. The third kappa shape index (κ3) is 4.49. The Morgan fingerprint density at radius 3 is 2.70 bits per heavy atom. The van der Waals surface area contributed by atoms with Crippen molar-refractivity contribution in [3.05, 3.63) is 41.8 Å². The fourth-order valence-corrected chi connectivity index (χ4v) is 3.17. The zero-order chi connectivity index (χ0) is 15.9. The number of hydrogen-bond donors (Lipinski definition) is 0. The summed E-state index contributed by atoms with van der Waals surface area (Å²) in [6.45, 7) is 0.644. The number of nitrogens with zero attached hydrogens (tertiary/aromatic N) is 2. The highest BCUT2D eigenvalue weighted by Gasteiger charge is 2.09. The molecule has 0 atom stereocenters. The summed E-state index contributed by atoms with van der Waals surface area (Å²) in [5, 5.41) is 10.7. The Labute approximate surface area is 142 Å². The van der Waals surface area contributed by atoms with Gasteiger partial charge in [-0.15, -0.1) is 21.5 Å². The molecule has 0 saturated heterocycles.